The molecule has 3 aromatic rings. The van der Waals surface area contributed by atoms with Crippen LogP contribution in [0.1, 0.15) is 18.1 Å². The van der Waals surface area contributed by atoms with E-state index in [1.807, 2.05) is 49.4 Å². The third kappa shape index (κ3) is 2.49. The summed E-state index contributed by atoms with van der Waals surface area (Å²) in [5, 5.41) is 0.198. The highest BCUT2D eigenvalue weighted by Crippen LogP contribution is 2.25. The quantitative estimate of drug-likeness (QED) is 0.631. The summed E-state index contributed by atoms with van der Waals surface area (Å²) in [5.74, 6) is 0.535. The van der Waals surface area contributed by atoms with Gasteiger partial charge in [-0.3, -0.25) is 9.36 Å². The van der Waals surface area contributed by atoms with Crippen LogP contribution in [0.4, 0.5) is 0 Å². The number of hydrogen-bond acceptors (Lipinski definition) is 2. The van der Waals surface area contributed by atoms with E-state index in [9.17, 15) is 4.79 Å². The molecule has 1 heterocycles. The molecule has 0 saturated heterocycles. The fourth-order valence-electron chi connectivity index (χ4n) is 2.28. The number of fused-ring (bicyclic) bond motifs is 1. The zero-order valence-electron chi connectivity index (χ0n) is 11.3. The summed E-state index contributed by atoms with van der Waals surface area (Å²) in [6, 6.07) is 14.8. The van der Waals surface area contributed by atoms with E-state index in [0.717, 1.165) is 10.2 Å². The van der Waals surface area contributed by atoms with Gasteiger partial charge < -0.3 is 0 Å². The van der Waals surface area contributed by atoms with Crippen molar-refractivity contribution in [3.05, 3.63) is 69.2 Å². The lowest BCUT2D eigenvalue weighted by molar-refractivity contribution is 0.813. The van der Waals surface area contributed by atoms with Crippen molar-refractivity contribution in [3.8, 4) is 5.69 Å². The molecule has 0 amide bonds. The Morgan fingerprint density at radius 3 is 2.52 bits per heavy atom. The molecule has 0 radical (unpaired) electrons. The minimum Gasteiger partial charge on any atom is -0.268 e. The third-order valence-corrected chi connectivity index (χ3v) is 4.12. The molecule has 3 nitrogen and oxygen atoms in total. The number of rotatable bonds is 2. The first kappa shape index (κ1) is 14.3. The van der Waals surface area contributed by atoms with Crippen molar-refractivity contribution in [2.75, 3.05) is 0 Å². The van der Waals surface area contributed by atoms with Crippen LogP contribution in [0.5, 0.6) is 0 Å². The van der Waals surface area contributed by atoms with Crippen molar-refractivity contribution >= 4 is 38.4 Å². The van der Waals surface area contributed by atoms with E-state index in [2.05, 4.69) is 20.9 Å². The largest absolute Gasteiger partial charge is 0.268 e. The topological polar surface area (TPSA) is 34.9 Å². The number of aromatic nitrogens is 2. The SMILES string of the molecule is CC(Cl)c1nc2ccccc2c(=O)n1-c1ccccc1Br. The van der Waals surface area contributed by atoms with Crippen LogP contribution < -0.4 is 5.56 Å². The van der Waals surface area contributed by atoms with Gasteiger partial charge in [-0.15, -0.1) is 11.6 Å². The molecule has 0 N–H and O–H groups in total. The molecule has 1 unspecified atom stereocenters. The Morgan fingerprint density at radius 1 is 1.14 bits per heavy atom. The maximum atomic E-state index is 12.8. The van der Waals surface area contributed by atoms with Crippen molar-refractivity contribution in [2.24, 2.45) is 0 Å². The Labute approximate surface area is 135 Å². The minimum atomic E-state index is -0.380. The van der Waals surface area contributed by atoms with Crippen LogP contribution in [-0.2, 0) is 0 Å². The second-order valence-electron chi connectivity index (χ2n) is 4.70. The molecular formula is C16H12BrClN2O. The molecule has 21 heavy (non-hydrogen) atoms. The molecule has 106 valence electrons. The molecule has 0 fully saturated rings. The fraction of sp³-hybridized carbons (Fsp3) is 0.125. The van der Waals surface area contributed by atoms with E-state index in [1.54, 1.807) is 10.6 Å². The van der Waals surface area contributed by atoms with Gasteiger partial charge in [-0.2, -0.15) is 0 Å². The van der Waals surface area contributed by atoms with Gasteiger partial charge in [-0.1, -0.05) is 24.3 Å². The van der Waals surface area contributed by atoms with Crippen molar-refractivity contribution in [3.63, 3.8) is 0 Å². The second-order valence-corrected chi connectivity index (χ2v) is 6.20. The van der Waals surface area contributed by atoms with Crippen LogP contribution in [0.3, 0.4) is 0 Å². The molecule has 0 aliphatic heterocycles. The predicted molar refractivity (Wildman–Crippen MR) is 89.3 cm³/mol. The van der Waals surface area contributed by atoms with Gasteiger partial charge in [0.1, 0.15) is 5.82 Å². The summed E-state index contributed by atoms with van der Waals surface area (Å²) in [6.07, 6.45) is 0. The summed E-state index contributed by atoms with van der Waals surface area (Å²) in [6.45, 7) is 1.81. The molecule has 5 heteroatoms. The highest BCUT2D eigenvalue weighted by Gasteiger charge is 2.17. The van der Waals surface area contributed by atoms with Gasteiger partial charge >= 0.3 is 0 Å². The molecule has 2 aromatic carbocycles. The Hall–Kier alpha value is -1.65. The van der Waals surface area contributed by atoms with Crippen molar-refractivity contribution < 1.29 is 0 Å². The highest BCUT2D eigenvalue weighted by molar-refractivity contribution is 9.10. The molecule has 3 rings (SSSR count). The van der Waals surface area contributed by atoms with Gasteiger partial charge in [0.05, 0.1) is 22.0 Å². The van der Waals surface area contributed by atoms with Crippen molar-refractivity contribution in [1.29, 1.82) is 0 Å². The van der Waals surface area contributed by atoms with Crippen LogP contribution in [0.15, 0.2) is 57.8 Å². The van der Waals surface area contributed by atoms with E-state index < -0.39 is 0 Å². The van der Waals surface area contributed by atoms with Crippen molar-refractivity contribution in [2.45, 2.75) is 12.3 Å². The summed E-state index contributed by atoms with van der Waals surface area (Å²) in [4.78, 5) is 17.4. The first-order valence-corrected chi connectivity index (χ1v) is 7.73. The van der Waals surface area contributed by atoms with Crippen LogP contribution in [-0.4, -0.2) is 9.55 Å². The zero-order valence-corrected chi connectivity index (χ0v) is 13.6. The highest BCUT2D eigenvalue weighted by atomic mass is 79.9. The normalized spacial score (nSPS) is 12.5. The Morgan fingerprint density at radius 2 is 1.81 bits per heavy atom. The third-order valence-electron chi connectivity index (χ3n) is 3.25. The average Bonchev–Trinajstić information content (AvgIpc) is 2.48. The Balaban J connectivity index is 2.46. The van der Waals surface area contributed by atoms with Gasteiger partial charge in [-0.25, -0.2) is 4.98 Å². The van der Waals surface area contributed by atoms with Crippen LogP contribution in [0, 0.1) is 0 Å². The van der Waals surface area contributed by atoms with E-state index in [-0.39, 0.29) is 10.9 Å². The number of hydrogen-bond donors (Lipinski definition) is 0. The fourth-order valence-corrected chi connectivity index (χ4v) is 2.89. The Bertz CT molecular complexity index is 874. The standard InChI is InChI=1S/C16H12BrClN2O/c1-10(18)15-19-13-8-4-2-6-11(13)16(21)20(15)14-9-5-3-7-12(14)17/h2-10H,1H3. The second kappa shape index (κ2) is 5.62. The summed E-state index contributed by atoms with van der Waals surface area (Å²) >= 11 is 9.73. The van der Waals surface area contributed by atoms with Crippen LogP contribution in [0.25, 0.3) is 16.6 Å². The smallest absolute Gasteiger partial charge is 0.266 e. The molecule has 0 spiro atoms. The monoisotopic (exact) mass is 362 g/mol. The van der Waals surface area contributed by atoms with Crippen molar-refractivity contribution in [1.82, 2.24) is 9.55 Å². The maximum Gasteiger partial charge on any atom is 0.266 e. The molecule has 0 aliphatic carbocycles. The molecule has 1 atom stereocenters. The number of nitrogens with zero attached hydrogens (tertiary/aromatic N) is 2. The van der Waals surface area contributed by atoms with Gasteiger partial charge in [0.15, 0.2) is 0 Å². The predicted octanol–water partition coefficient (Wildman–Crippen LogP) is 4.45. The molecule has 0 aliphatic rings. The van der Waals surface area contributed by atoms with Crippen LogP contribution in [0.2, 0.25) is 0 Å². The lowest BCUT2D eigenvalue weighted by Crippen LogP contribution is -2.24. The first-order valence-electron chi connectivity index (χ1n) is 6.50. The summed E-state index contributed by atoms with van der Waals surface area (Å²) in [7, 11) is 0. The molecule has 0 saturated carbocycles. The Kier molecular flexibility index (Phi) is 3.83. The van der Waals surface area contributed by atoms with Gasteiger partial charge in [0.2, 0.25) is 0 Å². The molecular weight excluding hydrogens is 352 g/mol. The number of para-hydroxylation sites is 2. The van der Waals surface area contributed by atoms with Gasteiger partial charge in [0, 0.05) is 4.47 Å². The maximum absolute atomic E-state index is 12.8. The van der Waals surface area contributed by atoms with E-state index >= 15 is 0 Å². The number of benzene rings is 2. The van der Waals surface area contributed by atoms with Crippen LogP contribution >= 0.6 is 27.5 Å². The zero-order chi connectivity index (χ0) is 15.0. The summed E-state index contributed by atoms with van der Waals surface area (Å²) in [5.41, 5.74) is 1.28. The van der Waals surface area contributed by atoms with E-state index in [1.165, 1.54) is 0 Å². The molecule has 1 aromatic heterocycles. The minimum absolute atomic E-state index is 0.116. The first-order chi connectivity index (χ1) is 10.1. The summed E-state index contributed by atoms with van der Waals surface area (Å²) < 4.78 is 2.40. The number of halogens is 2. The van der Waals surface area contributed by atoms with Gasteiger partial charge in [0.25, 0.3) is 5.56 Å². The molecule has 0 bridgehead atoms. The van der Waals surface area contributed by atoms with E-state index in [4.69, 9.17) is 11.6 Å². The number of alkyl halides is 1. The lowest BCUT2D eigenvalue weighted by atomic mass is 10.2. The lowest BCUT2D eigenvalue weighted by Gasteiger charge is -2.16. The van der Waals surface area contributed by atoms with Gasteiger partial charge in [-0.05, 0) is 47.1 Å². The average molecular weight is 364 g/mol. The van der Waals surface area contributed by atoms with E-state index in [0.29, 0.717) is 16.7 Å².